The SMILES string of the molecule is Cn1c(=O)n(CC(=O)Nc2ccc(C3(NC(=O)c4ccc(OC(F)F)cc4F)CCC3)cc2)c2ccccc21. The van der Waals surface area contributed by atoms with E-state index in [4.69, 9.17) is 0 Å². The van der Waals surface area contributed by atoms with Gasteiger partial charge in [0.25, 0.3) is 5.91 Å². The van der Waals surface area contributed by atoms with Gasteiger partial charge in [0.1, 0.15) is 18.1 Å². The van der Waals surface area contributed by atoms with E-state index in [1.165, 1.54) is 9.13 Å². The van der Waals surface area contributed by atoms with Crippen LogP contribution in [0.3, 0.4) is 0 Å². The average Bonchev–Trinajstić information content (AvgIpc) is 3.11. The van der Waals surface area contributed by atoms with Gasteiger partial charge in [0.05, 0.1) is 22.1 Å². The van der Waals surface area contributed by atoms with Gasteiger partial charge in [-0.3, -0.25) is 18.7 Å². The fourth-order valence-electron chi connectivity index (χ4n) is 4.89. The van der Waals surface area contributed by atoms with Crippen molar-refractivity contribution in [1.82, 2.24) is 14.5 Å². The standard InChI is InChI=1S/C28H25F3N4O4/c1-34-22-5-2-3-6-23(22)35(27(34)38)16-24(36)32-18-9-7-17(8-10-18)28(13-4-14-28)33-25(37)20-12-11-19(15-21(20)29)39-26(30)31/h2-3,5-12,15,26H,4,13-14,16H2,1H3,(H,32,36)(H,33,37). The van der Waals surface area contributed by atoms with Crippen LogP contribution >= 0.6 is 0 Å². The summed E-state index contributed by atoms with van der Waals surface area (Å²) < 4.78 is 46.3. The molecule has 1 saturated carbocycles. The van der Waals surface area contributed by atoms with Crippen molar-refractivity contribution in [3.63, 3.8) is 0 Å². The Kier molecular flexibility index (Phi) is 6.90. The van der Waals surface area contributed by atoms with Gasteiger partial charge in [0.15, 0.2) is 0 Å². The maximum Gasteiger partial charge on any atom is 0.387 e. The fourth-order valence-corrected chi connectivity index (χ4v) is 4.89. The van der Waals surface area contributed by atoms with Crippen LogP contribution in [0, 0.1) is 5.82 Å². The molecule has 0 radical (unpaired) electrons. The number of hydrogen-bond donors (Lipinski definition) is 2. The quantitative estimate of drug-likeness (QED) is 0.345. The van der Waals surface area contributed by atoms with Crippen molar-refractivity contribution >= 4 is 28.5 Å². The molecule has 1 aliphatic carbocycles. The van der Waals surface area contributed by atoms with Gasteiger partial charge in [-0.1, -0.05) is 24.3 Å². The number of alkyl halides is 2. The van der Waals surface area contributed by atoms with E-state index in [0.29, 0.717) is 24.0 Å². The number of nitrogens with zero attached hydrogens (tertiary/aromatic N) is 2. The monoisotopic (exact) mass is 538 g/mol. The van der Waals surface area contributed by atoms with Gasteiger partial charge in [-0.05, 0) is 61.2 Å². The van der Waals surface area contributed by atoms with Crippen LogP contribution in [0.5, 0.6) is 5.75 Å². The second kappa shape index (κ2) is 10.3. The number of carbonyl (C=O) groups is 2. The molecule has 1 heterocycles. The number of halogens is 3. The number of rotatable bonds is 8. The van der Waals surface area contributed by atoms with Crippen LogP contribution in [0.15, 0.2) is 71.5 Å². The van der Waals surface area contributed by atoms with Crippen molar-refractivity contribution in [1.29, 1.82) is 0 Å². The van der Waals surface area contributed by atoms with Crippen LogP contribution in [0.1, 0.15) is 35.2 Å². The van der Waals surface area contributed by atoms with Gasteiger partial charge < -0.3 is 15.4 Å². The lowest BCUT2D eigenvalue weighted by molar-refractivity contribution is -0.116. The van der Waals surface area contributed by atoms with E-state index in [2.05, 4.69) is 15.4 Å². The maximum atomic E-state index is 14.4. The normalized spacial score (nSPS) is 14.2. The zero-order valence-corrected chi connectivity index (χ0v) is 20.9. The zero-order chi connectivity index (χ0) is 27.7. The minimum absolute atomic E-state index is 0.158. The summed E-state index contributed by atoms with van der Waals surface area (Å²) in [7, 11) is 1.65. The third kappa shape index (κ3) is 5.12. The smallest absolute Gasteiger partial charge is 0.387 e. The van der Waals surface area contributed by atoms with Crippen LogP contribution in [0.2, 0.25) is 0 Å². The molecule has 202 valence electrons. The Labute approximate surface area is 221 Å². The van der Waals surface area contributed by atoms with E-state index in [0.717, 1.165) is 35.7 Å². The molecule has 0 spiro atoms. The topological polar surface area (TPSA) is 94.4 Å². The highest BCUT2D eigenvalue weighted by Gasteiger charge is 2.40. The van der Waals surface area contributed by atoms with Gasteiger partial charge in [-0.25, -0.2) is 9.18 Å². The molecule has 1 aromatic heterocycles. The number of aryl methyl sites for hydroxylation is 1. The summed E-state index contributed by atoms with van der Waals surface area (Å²) in [6.45, 7) is -3.26. The molecule has 0 aliphatic heterocycles. The van der Waals surface area contributed by atoms with E-state index in [9.17, 15) is 27.6 Å². The first-order valence-corrected chi connectivity index (χ1v) is 12.3. The first kappa shape index (κ1) is 26.1. The lowest BCUT2D eigenvalue weighted by Crippen LogP contribution is -2.51. The minimum Gasteiger partial charge on any atom is -0.435 e. The Balaban J connectivity index is 1.27. The van der Waals surface area contributed by atoms with E-state index >= 15 is 0 Å². The molecule has 1 fully saturated rings. The van der Waals surface area contributed by atoms with Crippen molar-refractivity contribution in [3.8, 4) is 5.75 Å². The molecular formula is C28H25F3N4O4. The molecule has 39 heavy (non-hydrogen) atoms. The Morgan fingerprint density at radius 3 is 2.33 bits per heavy atom. The lowest BCUT2D eigenvalue weighted by atomic mass is 9.71. The maximum absolute atomic E-state index is 14.4. The van der Waals surface area contributed by atoms with Crippen molar-refractivity contribution < 1.29 is 27.5 Å². The number of hydrogen-bond acceptors (Lipinski definition) is 4. The number of imidazole rings is 1. The summed E-state index contributed by atoms with van der Waals surface area (Å²) in [6.07, 6.45) is 2.10. The number of benzene rings is 3. The molecular weight excluding hydrogens is 513 g/mol. The van der Waals surface area contributed by atoms with Crippen molar-refractivity contribution in [2.24, 2.45) is 7.05 Å². The molecule has 4 aromatic rings. The summed E-state index contributed by atoms with van der Waals surface area (Å²) in [6, 6.07) is 17.1. The first-order valence-electron chi connectivity index (χ1n) is 12.3. The summed E-state index contributed by atoms with van der Waals surface area (Å²) in [5.74, 6) is -2.39. The molecule has 0 atom stereocenters. The fraction of sp³-hybridized carbons (Fsp3) is 0.250. The van der Waals surface area contributed by atoms with E-state index in [1.54, 1.807) is 43.4 Å². The van der Waals surface area contributed by atoms with E-state index in [-0.39, 0.29) is 29.5 Å². The van der Waals surface area contributed by atoms with Gasteiger partial charge in [-0.2, -0.15) is 8.78 Å². The predicted molar refractivity (Wildman–Crippen MR) is 138 cm³/mol. The lowest BCUT2D eigenvalue weighted by Gasteiger charge is -2.43. The molecule has 11 heteroatoms. The van der Waals surface area contributed by atoms with Crippen LogP contribution in [-0.4, -0.2) is 27.6 Å². The van der Waals surface area contributed by atoms with Gasteiger partial charge in [0, 0.05) is 18.8 Å². The van der Waals surface area contributed by atoms with Crippen LogP contribution in [-0.2, 0) is 23.9 Å². The second-order valence-electron chi connectivity index (χ2n) is 9.45. The molecule has 5 rings (SSSR count). The highest BCUT2D eigenvalue weighted by atomic mass is 19.3. The largest absolute Gasteiger partial charge is 0.435 e. The number of ether oxygens (including phenoxy) is 1. The van der Waals surface area contributed by atoms with Crippen molar-refractivity contribution in [2.75, 3.05) is 5.32 Å². The summed E-state index contributed by atoms with van der Waals surface area (Å²) >= 11 is 0. The number of nitrogens with one attached hydrogen (secondary N) is 2. The third-order valence-corrected chi connectivity index (χ3v) is 7.04. The highest BCUT2D eigenvalue weighted by Crippen LogP contribution is 2.42. The molecule has 2 N–H and O–H groups in total. The van der Waals surface area contributed by atoms with Crippen molar-refractivity contribution in [3.05, 3.63) is 94.2 Å². The number of fused-ring (bicyclic) bond motifs is 1. The second-order valence-corrected chi connectivity index (χ2v) is 9.45. The van der Waals surface area contributed by atoms with Crippen LogP contribution in [0.25, 0.3) is 11.0 Å². The van der Waals surface area contributed by atoms with Gasteiger partial charge in [-0.15, -0.1) is 0 Å². The number of aromatic nitrogens is 2. The highest BCUT2D eigenvalue weighted by molar-refractivity contribution is 5.95. The Morgan fingerprint density at radius 2 is 1.72 bits per heavy atom. The molecule has 8 nitrogen and oxygen atoms in total. The Morgan fingerprint density at radius 1 is 1.03 bits per heavy atom. The number of para-hydroxylation sites is 2. The molecule has 2 amide bonds. The molecule has 0 bridgehead atoms. The molecule has 0 saturated heterocycles. The summed E-state index contributed by atoms with van der Waals surface area (Å²) in [4.78, 5) is 38.2. The Hall–Kier alpha value is -4.54. The third-order valence-electron chi connectivity index (χ3n) is 7.04. The van der Waals surface area contributed by atoms with E-state index in [1.807, 2.05) is 12.1 Å². The molecule has 1 aliphatic rings. The average molecular weight is 539 g/mol. The molecule has 3 aromatic carbocycles. The number of amides is 2. The first-order chi connectivity index (χ1) is 18.7. The number of anilines is 1. The predicted octanol–water partition coefficient (Wildman–Crippen LogP) is 4.53. The number of carbonyl (C=O) groups excluding carboxylic acids is 2. The van der Waals surface area contributed by atoms with Crippen LogP contribution < -0.4 is 21.1 Å². The van der Waals surface area contributed by atoms with Gasteiger partial charge in [0.2, 0.25) is 5.91 Å². The summed E-state index contributed by atoms with van der Waals surface area (Å²) in [5.41, 5.74) is 1.38. The van der Waals surface area contributed by atoms with Crippen LogP contribution in [0.4, 0.5) is 18.9 Å². The van der Waals surface area contributed by atoms with Gasteiger partial charge >= 0.3 is 12.3 Å². The van der Waals surface area contributed by atoms with E-state index < -0.39 is 23.9 Å². The zero-order valence-electron chi connectivity index (χ0n) is 20.9. The molecule has 0 unspecified atom stereocenters. The van der Waals surface area contributed by atoms with Crippen molar-refractivity contribution in [2.45, 2.75) is 38.0 Å². The summed E-state index contributed by atoms with van der Waals surface area (Å²) in [5, 5.41) is 5.68. The minimum atomic E-state index is -3.10. The Bertz CT molecular complexity index is 1610.